The molecule has 5 rings (SSSR count). The molecule has 1 amide bonds. The molecule has 1 saturated carbocycles. The number of ether oxygens (including phenoxy) is 1. The van der Waals surface area contributed by atoms with Crippen molar-refractivity contribution < 1.29 is 9.53 Å². The van der Waals surface area contributed by atoms with Crippen LogP contribution in [-0.4, -0.2) is 36.6 Å². The average molecular weight is 479 g/mol. The first-order chi connectivity index (χ1) is 15.0. The molecule has 0 bridgehead atoms. The fourth-order valence-corrected chi connectivity index (χ4v) is 6.63. The van der Waals surface area contributed by atoms with E-state index in [2.05, 4.69) is 23.1 Å². The smallest absolute Gasteiger partial charge is 0.251 e. The second-order valence-electron chi connectivity index (χ2n) is 9.10. The van der Waals surface area contributed by atoms with E-state index >= 15 is 0 Å². The average Bonchev–Trinajstić information content (AvgIpc) is 3.44. The van der Waals surface area contributed by atoms with Gasteiger partial charge in [0, 0.05) is 34.8 Å². The largest absolute Gasteiger partial charge is 0.368 e. The number of carbonyl (C=O) groups excluding carboxylic acids is 1. The SMILES string of the molecule is O=C(C1CCCO1)N1CC2CCC(c3ccc(Cl)cc3Cl)C(c3ccc(Cl)cc3)[C@H]2C1. The van der Waals surface area contributed by atoms with Gasteiger partial charge in [-0.1, -0.05) is 53.0 Å². The Morgan fingerprint density at radius 2 is 1.71 bits per heavy atom. The number of amides is 1. The highest BCUT2D eigenvalue weighted by Gasteiger charge is 2.47. The van der Waals surface area contributed by atoms with Gasteiger partial charge in [-0.25, -0.2) is 0 Å². The second kappa shape index (κ2) is 8.94. The summed E-state index contributed by atoms with van der Waals surface area (Å²) in [7, 11) is 0. The molecule has 2 saturated heterocycles. The molecule has 1 aliphatic carbocycles. The minimum Gasteiger partial charge on any atom is -0.368 e. The first kappa shape index (κ1) is 21.6. The van der Waals surface area contributed by atoms with E-state index in [1.165, 1.54) is 5.56 Å². The molecule has 0 N–H and O–H groups in total. The van der Waals surface area contributed by atoms with Crippen molar-refractivity contribution in [3.63, 3.8) is 0 Å². The molecule has 2 heterocycles. The highest BCUT2D eigenvalue weighted by Crippen LogP contribution is 2.53. The van der Waals surface area contributed by atoms with Crippen molar-refractivity contribution in [3.8, 4) is 0 Å². The molecule has 3 nitrogen and oxygen atoms in total. The van der Waals surface area contributed by atoms with Gasteiger partial charge < -0.3 is 9.64 Å². The number of fused-ring (bicyclic) bond motifs is 1. The maximum absolute atomic E-state index is 13.1. The molecule has 0 aromatic heterocycles. The van der Waals surface area contributed by atoms with E-state index in [0.29, 0.717) is 23.5 Å². The summed E-state index contributed by atoms with van der Waals surface area (Å²) in [6, 6.07) is 14.0. The third-order valence-electron chi connectivity index (χ3n) is 7.37. The summed E-state index contributed by atoms with van der Waals surface area (Å²) >= 11 is 19.0. The van der Waals surface area contributed by atoms with Crippen molar-refractivity contribution in [2.45, 2.75) is 43.6 Å². The molecule has 4 unspecified atom stereocenters. The number of nitrogens with zero attached hydrogens (tertiary/aromatic N) is 1. The molecule has 2 aromatic rings. The van der Waals surface area contributed by atoms with Gasteiger partial charge in [-0.2, -0.15) is 0 Å². The summed E-state index contributed by atoms with van der Waals surface area (Å²) in [5, 5.41) is 2.11. The van der Waals surface area contributed by atoms with Gasteiger partial charge in [-0.15, -0.1) is 0 Å². The molecule has 0 radical (unpaired) electrons. The molecular formula is C25H26Cl3NO2. The van der Waals surface area contributed by atoms with Crippen LogP contribution in [0.5, 0.6) is 0 Å². The first-order valence-electron chi connectivity index (χ1n) is 11.1. The highest BCUT2D eigenvalue weighted by molar-refractivity contribution is 6.35. The normalized spacial score (nSPS) is 30.4. The number of hydrogen-bond donors (Lipinski definition) is 0. The lowest BCUT2D eigenvalue weighted by molar-refractivity contribution is -0.140. The van der Waals surface area contributed by atoms with E-state index in [1.54, 1.807) is 0 Å². The number of rotatable bonds is 3. The quantitative estimate of drug-likeness (QED) is 0.500. The molecular weight excluding hydrogens is 453 g/mol. The Kier molecular flexibility index (Phi) is 6.22. The monoisotopic (exact) mass is 477 g/mol. The topological polar surface area (TPSA) is 29.5 Å². The standard InChI is InChI=1S/C25H26Cl3NO2/c26-17-6-3-15(4-7-17)24-20(19-10-8-18(27)12-22(19)28)9-5-16-13-29(14-21(16)24)25(30)23-2-1-11-31-23/h3-4,6-8,10,12,16,20-21,23-24H,1-2,5,9,11,13-14H2/t16?,20?,21-,23?,24?/m0/s1. The zero-order chi connectivity index (χ0) is 21.5. The molecule has 0 spiro atoms. The fraction of sp³-hybridized carbons (Fsp3) is 0.480. The molecule has 6 heteroatoms. The van der Waals surface area contributed by atoms with Gasteiger partial charge in [-0.3, -0.25) is 4.79 Å². The van der Waals surface area contributed by atoms with Gasteiger partial charge in [0.15, 0.2) is 0 Å². The Bertz CT molecular complexity index is 958. The van der Waals surface area contributed by atoms with E-state index in [-0.39, 0.29) is 23.8 Å². The minimum absolute atomic E-state index is 0.169. The van der Waals surface area contributed by atoms with Gasteiger partial charge in [0.25, 0.3) is 5.91 Å². The second-order valence-corrected chi connectivity index (χ2v) is 10.4. The van der Waals surface area contributed by atoms with Crippen LogP contribution in [0.15, 0.2) is 42.5 Å². The Labute approximate surface area is 198 Å². The van der Waals surface area contributed by atoms with Crippen LogP contribution < -0.4 is 0 Å². The van der Waals surface area contributed by atoms with Gasteiger partial charge in [0.05, 0.1) is 0 Å². The van der Waals surface area contributed by atoms with E-state index < -0.39 is 0 Å². The van der Waals surface area contributed by atoms with Crippen LogP contribution in [0.3, 0.4) is 0 Å². The van der Waals surface area contributed by atoms with Crippen LogP contribution in [0.4, 0.5) is 0 Å². The van der Waals surface area contributed by atoms with Gasteiger partial charge in [0.1, 0.15) is 6.10 Å². The third kappa shape index (κ3) is 4.23. The summed E-state index contributed by atoms with van der Waals surface area (Å²) in [5.41, 5.74) is 2.41. The van der Waals surface area contributed by atoms with Crippen molar-refractivity contribution in [1.82, 2.24) is 4.90 Å². The Hall–Kier alpha value is -1.26. The van der Waals surface area contributed by atoms with E-state index in [0.717, 1.165) is 54.4 Å². The van der Waals surface area contributed by atoms with Crippen LogP contribution in [0, 0.1) is 11.8 Å². The maximum Gasteiger partial charge on any atom is 0.251 e. The zero-order valence-corrected chi connectivity index (χ0v) is 19.5. The van der Waals surface area contributed by atoms with Crippen molar-refractivity contribution in [2.75, 3.05) is 19.7 Å². The summed E-state index contributed by atoms with van der Waals surface area (Å²) in [4.78, 5) is 15.1. The van der Waals surface area contributed by atoms with Crippen molar-refractivity contribution in [3.05, 3.63) is 68.7 Å². The van der Waals surface area contributed by atoms with Crippen molar-refractivity contribution >= 4 is 40.7 Å². The summed E-state index contributed by atoms with van der Waals surface area (Å²) in [5.74, 6) is 1.61. The number of halogens is 3. The predicted molar refractivity (Wildman–Crippen MR) is 125 cm³/mol. The summed E-state index contributed by atoms with van der Waals surface area (Å²) in [6.45, 7) is 2.30. The number of benzene rings is 2. The van der Waals surface area contributed by atoms with E-state index in [4.69, 9.17) is 39.5 Å². The fourth-order valence-electron chi connectivity index (χ4n) is 5.95. The number of hydrogen-bond acceptors (Lipinski definition) is 2. The maximum atomic E-state index is 13.1. The molecule has 3 aliphatic rings. The lowest BCUT2D eigenvalue weighted by atomic mass is 9.63. The molecule has 2 aromatic carbocycles. The van der Waals surface area contributed by atoms with E-state index in [9.17, 15) is 4.79 Å². The Balaban J connectivity index is 1.48. The lowest BCUT2D eigenvalue weighted by Crippen LogP contribution is -2.37. The summed E-state index contributed by atoms with van der Waals surface area (Å²) in [6.07, 6.45) is 3.69. The van der Waals surface area contributed by atoms with Crippen molar-refractivity contribution in [1.29, 1.82) is 0 Å². The third-order valence-corrected chi connectivity index (χ3v) is 8.18. The number of likely N-dealkylation sites (tertiary alicyclic amines) is 1. The summed E-state index contributed by atoms with van der Waals surface area (Å²) < 4.78 is 5.69. The molecule has 5 atom stereocenters. The Morgan fingerprint density at radius 3 is 2.42 bits per heavy atom. The van der Waals surface area contributed by atoms with Gasteiger partial charge in [-0.05, 0) is 84.7 Å². The lowest BCUT2D eigenvalue weighted by Gasteiger charge is -2.40. The van der Waals surface area contributed by atoms with Crippen LogP contribution >= 0.6 is 34.8 Å². The van der Waals surface area contributed by atoms with Crippen LogP contribution in [-0.2, 0) is 9.53 Å². The first-order valence-corrected chi connectivity index (χ1v) is 12.3. The van der Waals surface area contributed by atoms with Crippen LogP contribution in [0.2, 0.25) is 15.1 Å². The highest BCUT2D eigenvalue weighted by atomic mass is 35.5. The van der Waals surface area contributed by atoms with E-state index in [1.807, 2.05) is 24.3 Å². The molecule has 2 aliphatic heterocycles. The van der Waals surface area contributed by atoms with Gasteiger partial charge in [0.2, 0.25) is 0 Å². The van der Waals surface area contributed by atoms with Crippen LogP contribution in [0.1, 0.15) is 48.6 Å². The zero-order valence-electron chi connectivity index (χ0n) is 17.3. The molecule has 164 valence electrons. The van der Waals surface area contributed by atoms with Crippen molar-refractivity contribution in [2.24, 2.45) is 11.8 Å². The Morgan fingerprint density at radius 1 is 0.935 bits per heavy atom. The van der Waals surface area contributed by atoms with Gasteiger partial charge >= 0.3 is 0 Å². The van der Waals surface area contributed by atoms with Crippen LogP contribution in [0.25, 0.3) is 0 Å². The minimum atomic E-state index is -0.254. The number of carbonyl (C=O) groups is 1. The predicted octanol–water partition coefficient (Wildman–Crippen LogP) is 6.56. The molecule has 31 heavy (non-hydrogen) atoms. The molecule has 3 fully saturated rings.